The van der Waals surface area contributed by atoms with Crippen molar-refractivity contribution in [1.82, 2.24) is 14.9 Å². The van der Waals surface area contributed by atoms with Gasteiger partial charge in [-0.25, -0.2) is 14.8 Å². The minimum atomic E-state index is -0.550. The Morgan fingerprint density at radius 3 is 2.55 bits per heavy atom. The number of likely N-dealkylation sites (tertiary alicyclic amines) is 1. The number of aryl methyl sites for hydroxylation is 1. The third-order valence-electron chi connectivity index (χ3n) is 6.93. The number of nitrogens with zero attached hydrogens (tertiary/aromatic N) is 3. The van der Waals surface area contributed by atoms with Crippen molar-refractivity contribution in [3.63, 3.8) is 0 Å². The van der Waals surface area contributed by atoms with Crippen LogP contribution in [0.3, 0.4) is 0 Å². The van der Waals surface area contributed by atoms with Crippen LogP contribution in [0.2, 0.25) is 0 Å². The van der Waals surface area contributed by atoms with Gasteiger partial charge in [-0.3, -0.25) is 5.41 Å². The van der Waals surface area contributed by atoms with Crippen LogP contribution in [-0.4, -0.2) is 50.9 Å². The Morgan fingerprint density at radius 1 is 1.11 bits per heavy atom. The maximum Gasteiger partial charge on any atom is 0.410 e. The molecule has 1 amide bonds. The molecule has 5 rings (SSSR count). The van der Waals surface area contributed by atoms with Crippen LogP contribution in [0.4, 0.5) is 16.4 Å². The Kier molecular flexibility index (Phi) is 6.69. The van der Waals surface area contributed by atoms with Crippen LogP contribution in [0.1, 0.15) is 50.3 Å². The summed E-state index contributed by atoms with van der Waals surface area (Å²) in [7, 11) is 0. The molecule has 1 aromatic heterocycles. The number of benzene rings is 2. The Labute approximate surface area is 222 Å². The van der Waals surface area contributed by atoms with Crippen molar-refractivity contribution in [2.24, 2.45) is 5.92 Å². The Bertz CT molecular complexity index is 1350. The third kappa shape index (κ3) is 5.41. The number of nitrogens with two attached hydrogens (primary N) is 1. The molecular weight excluding hydrogens is 480 g/mol. The molecule has 3 atom stereocenters. The first-order valence-corrected chi connectivity index (χ1v) is 12.9. The van der Waals surface area contributed by atoms with Crippen LogP contribution in [-0.2, 0) is 4.74 Å². The third-order valence-corrected chi connectivity index (χ3v) is 6.93. The fourth-order valence-corrected chi connectivity index (χ4v) is 5.29. The van der Waals surface area contributed by atoms with Gasteiger partial charge < -0.3 is 25.4 Å². The molecule has 9 nitrogen and oxygen atoms in total. The van der Waals surface area contributed by atoms with Gasteiger partial charge >= 0.3 is 6.09 Å². The fraction of sp³-hybridized carbons (Fsp3) is 0.379. The van der Waals surface area contributed by atoms with Crippen molar-refractivity contribution in [2.45, 2.75) is 58.2 Å². The summed E-state index contributed by atoms with van der Waals surface area (Å²) in [4.78, 5) is 23.2. The van der Waals surface area contributed by atoms with E-state index < -0.39 is 5.60 Å². The van der Waals surface area contributed by atoms with Crippen molar-refractivity contribution in [3.05, 3.63) is 71.5 Å². The molecule has 38 heavy (non-hydrogen) atoms. The van der Waals surface area contributed by atoms with E-state index in [1.807, 2.05) is 81.1 Å². The number of nitrogens with one attached hydrogen (secondary N) is 2. The number of hydrogen-bond acceptors (Lipinski definition) is 8. The highest BCUT2D eigenvalue weighted by atomic mass is 16.6. The molecule has 1 aliphatic heterocycles. The zero-order chi connectivity index (χ0) is 27.0. The van der Waals surface area contributed by atoms with Crippen LogP contribution < -0.4 is 15.8 Å². The van der Waals surface area contributed by atoms with E-state index >= 15 is 0 Å². The number of amides is 1. The summed E-state index contributed by atoms with van der Waals surface area (Å²) in [5, 5.41) is 12.4. The molecule has 2 bridgehead atoms. The van der Waals surface area contributed by atoms with Crippen molar-refractivity contribution in [2.75, 3.05) is 17.6 Å². The number of ether oxygens (including phenoxy) is 2. The summed E-state index contributed by atoms with van der Waals surface area (Å²) in [6, 6.07) is 15.1. The predicted octanol–water partition coefficient (Wildman–Crippen LogP) is 5.39. The highest BCUT2D eigenvalue weighted by molar-refractivity contribution is 6.16. The van der Waals surface area contributed by atoms with Crippen LogP contribution in [0, 0.1) is 18.3 Å². The van der Waals surface area contributed by atoms with Gasteiger partial charge in [0.05, 0.1) is 17.3 Å². The lowest BCUT2D eigenvalue weighted by Crippen LogP contribution is -2.49. The smallest absolute Gasteiger partial charge is 0.410 e. The zero-order valence-corrected chi connectivity index (χ0v) is 22.2. The Balaban J connectivity index is 1.33. The van der Waals surface area contributed by atoms with E-state index in [4.69, 9.17) is 20.6 Å². The quantitative estimate of drug-likeness (QED) is 0.377. The number of piperidine rings is 1. The molecule has 1 saturated carbocycles. The SMILES string of the molecule is Cc1cccc(Oc2ccc(C(=N)c3c(N)ncnc3NC3CC4CC3N(C(=O)OC(C)(C)C)C4)cc2)c1. The number of carbonyl (C=O) groups excluding carboxylic acids is 1. The minimum absolute atomic E-state index is 0.00821. The summed E-state index contributed by atoms with van der Waals surface area (Å²) >= 11 is 0. The van der Waals surface area contributed by atoms with Gasteiger partial charge in [-0.15, -0.1) is 0 Å². The molecule has 0 spiro atoms. The maximum absolute atomic E-state index is 12.8. The molecule has 2 aliphatic rings. The molecule has 3 aromatic rings. The summed E-state index contributed by atoms with van der Waals surface area (Å²) in [5.74, 6) is 2.54. The van der Waals surface area contributed by atoms with Crippen LogP contribution >= 0.6 is 0 Å². The van der Waals surface area contributed by atoms with E-state index in [0.717, 1.165) is 24.2 Å². The largest absolute Gasteiger partial charge is 0.457 e. The Hall–Kier alpha value is -4.14. The average Bonchev–Trinajstić information content (AvgIpc) is 3.44. The molecular formula is C29H34N6O3. The molecule has 2 aromatic carbocycles. The lowest BCUT2D eigenvalue weighted by molar-refractivity contribution is 0.0179. The first-order chi connectivity index (χ1) is 18.1. The van der Waals surface area contributed by atoms with E-state index in [1.165, 1.54) is 6.33 Å². The normalized spacial score (nSPS) is 20.3. The molecule has 4 N–H and O–H groups in total. The van der Waals surface area contributed by atoms with Gasteiger partial charge in [-0.05, 0) is 88.4 Å². The molecule has 2 fully saturated rings. The summed E-state index contributed by atoms with van der Waals surface area (Å²) in [6.45, 7) is 8.33. The number of nitrogen functional groups attached to an aromatic ring is 1. The zero-order valence-electron chi connectivity index (χ0n) is 22.2. The highest BCUT2D eigenvalue weighted by Gasteiger charge is 2.48. The summed E-state index contributed by atoms with van der Waals surface area (Å²) < 4.78 is 11.6. The maximum atomic E-state index is 12.8. The van der Waals surface area contributed by atoms with Crippen molar-refractivity contribution >= 4 is 23.4 Å². The van der Waals surface area contributed by atoms with E-state index in [0.29, 0.717) is 35.2 Å². The topological polar surface area (TPSA) is 126 Å². The van der Waals surface area contributed by atoms with Gasteiger partial charge in [0.2, 0.25) is 0 Å². The fourth-order valence-electron chi connectivity index (χ4n) is 5.29. The molecule has 3 unspecified atom stereocenters. The summed E-state index contributed by atoms with van der Waals surface area (Å²) in [5.41, 5.74) is 8.13. The lowest BCUT2D eigenvalue weighted by atomic mass is 10.0. The monoisotopic (exact) mass is 514 g/mol. The van der Waals surface area contributed by atoms with Crippen molar-refractivity contribution in [3.8, 4) is 11.5 Å². The van der Waals surface area contributed by atoms with Gasteiger partial charge in [-0.1, -0.05) is 12.1 Å². The number of anilines is 2. The van der Waals surface area contributed by atoms with Gasteiger partial charge in [-0.2, -0.15) is 0 Å². The van der Waals surface area contributed by atoms with E-state index in [-0.39, 0.29) is 29.7 Å². The van der Waals surface area contributed by atoms with Gasteiger partial charge in [0.15, 0.2) is 0 Å². The van der Waals surface area contributed by atoms with E-state index in [1.54, 1.807) is 0 Å². The lowest BCUT2D eigenvalue weighted by Gasteiger charge is -2.35. The number of hydrogen-bond donors (Lipinski definition) is 3. The van der Waals surface area contributed by atoms with E-state index in [9.17, 15) is 4.79 Å². The molecule has 198 valence electrons. The number of aromatic nitrogens is 2. The van der Waals surface area contributed by atoms with E-state index in [2.05, 4.69) is 15.3 Å². The van der Waals surface area contributed by atoms with Crippen molar-refractivity contribution in [1.29, 1.82) is 5.41 Å². The molecule has 9 heteroatoms. The molecule has 1 saturated heterocycles. The van der Waals surface area contributed by atoms with Gasteiger partial charge in [0.25, 0.3) is 0 Å². The van der Waals surface area contributed by atoms with Gasteiger partial charge in [0, 0.05) is 18.2 Å². The molecule has 2 heterocycles. The van der Waals surface area contributed by atoms with Crippen LogP contribution in [0.25, 0.3) is 0 Å². The first kappa shape index (κ1) is 25.5. The second-order valence-corrected chi connectivity index (χ2v) is 11.1. The van der Waals surface area contributed by atoms with Crippen LogP contribution in [0.15, 0.2) is 54.9 Å². The standard InChI is InChI=1S/C29H34N6O3/c1-17-6-5-7-21(12-17)37-20-10-8-19(9-11-20)25(30)24-26(31)32-16-33-27(24)34-22-13-18-14-23(22)35(15-18)28(36)38-29(2,3)4/h5-12,16,18,22-23,30H,13-15H2,1-4H3,(H3,31,32,33,34). The predicted molar refractivity (Wildman–Crippen MR) is 147 cm³/mol. The number of rotatable bonds is 6. The minimum Gasteiger partial charge on any atom is -0.457 e. The van der Waals surface area contributed by atoms with Crippen LogP contribution in [0.5, 0.6) is 11.5 Å². The van der Waals surface area contributed by atoms with Crippen molar-refractivity contribution < 1.29 is 14.3 Å². The number of carbonyl (C=O) groups is 1. The Morgan fingerprint density at radius 2 is 1.87 bits per heavy atom. The second-order valence-electron chi connectivity index (χ2n) is 11.1. The molecule has 0 radical (unpaired) electrons. The molecule has 1 aliphatic carbocycles. The number of fused-ring (bicyclic) bond motifs is 2. The van der Waals surface area contributed by atoms with Gasteiger partial charge in [0.1, 0.15) is 35.1 Å². The summed E-state index contributed by atoms with van der Waals surface area (Å²) in [6.07, 6.45) is 2.92. The highest BCUT2D eigenvalue weighted by Crippen LogP contribution is 2.40. The first-order valence-electron chi connectivity index (χ1n) is 12.9. The second kappa shape index (κ2) is 9.96. The average molecular weight is 515 g/mol.